The summed E-state index contributed by atoms with van der Waals surface area (Å²) in [5.41, 5.74) is 0. The topological polar surface area (TPSA) is 78.0 Å². The number of nitrogens with zero attached hydrogens (tertiary/aromatic N) is 2. The molecule has 1 saturated carbocycles. The Labute approximate surface area is 195 Å². The Hall–Kier alpha value is -0.910. The monoisotopic (exact) mass is 535 g/mol. The molecule has 3 rings (SSSR count). The minimum absolute atomic E-state index is 0. The fraction of sp³-hybridized carbons (Fsp3) is 0.700. The SMILES string of the molecule is CCNC(=NCC(c1cccs1)N1CCOCC1)NCCCC(=O)NC1CC1.I. The number of aliphatic imine (C=N–C) groups is 1. The highest BCUT2D eigenvalue weighted by molar-refractivity contribution is 14.0. The van der Waals surface area contributed by atoms with E-state index in [-0.39, 0.29) is 35.9 Å². The van der Waals surface area contributed by atoms with Gasteiger partial charge < -0.3 is 20.7 Å². The Bertz CT molecular complexity index is 618. The number of carbonyl (C=O) groups excluding carboxylic acids is 1. The molecule has 0 spiro atoms. The number of nitrogens with one attached hydrogen (secondary N) is 3. The Morgan fingerprint density at radius 3 is 2.79 bits per heavy atom. The standard InChI is InChI=1S/C20H33N5O2S.HI/c1-2-21-20(22-9-3-6-19(26)24-16-7-8-16)23-15-17(18-5-4-14-28-18)25-10-12-27-13-11-25;/h4-5,14,16-17H,2-3,6-13,15H2,1H3,(H,24,26)(H2,21,22,23);1H. The first-order valence-corrected chi connectivity index (χ1v) is 11.3. The van der Waals surface area contributed by atoms with Crippen LogP contribution in [-0.4, -0.2) is 68.7 Å². The molecule has 7 nitrogen and oxygen atoms in total. The second kappa shape index (κ2) is 13.4. The first-order valence-electron chi connectivity index (χ1n) is 10.4. The van der Waals surface area contributed by atoms with Crippen LogP contribution in [0.4, 0.5) is 0 Å². The second-order valence-corrected chi connectivity index (χ2v) is 8.25. The average Bonchev–Trinajstić information content (AvgIpc) is 3.35. The number of ether oxygens (including phenoxy) is 1. The van der Waals surface area contributed by atoms with Gasteiger partial charge in [0.2, 0.25) is 5.91 Å². The van der Waals surface area contributed by atoms with Gasteiger partial charge in [-0.25, -0.2) is 0 Å². The molecule has 1 unspecified atom stereocenters. The molecule has 1 aromatic heterocycles. The molecule has 1 amide bonds. The molecule has 0 aromatic carbocycles. The van der Waals surface area contributed by atoms with Crippen molar-refractivity contribution in [2.75, 3.05) is 45.9 Å². The average molecular weight is 535 g/mol. The molecule has 1 aliphatic heterocycles. The Morgan fingerprint density at radius 2 is 2.14 bits per heavy atom. The molecule has 2 aliphatic rings. The van der Waals surface area contributed by atoms with Crippen molar-refractivity contribution < 1.29 is 9.53 Å². The molecule has 0 radical (unpaired) electrons. The summed E-state index contributed by atoms with van der Waals surface area (Å²) in [5, 5.41) is 11.8. The van der Waals surface area contributed by atoms with Crippen LogP contribution in [0.5, 0.6) is 0 Å². The molecule has 1 aromatic rings. The van der Waals surface area contributed by atoms with Gasteiger partial charge in [-0.15, -0.1) is 35.3 Å². The van der Waals surface area contributed by atoms with E-state index in [1.807, 2.05) is 0 Å². The zero-order valence-corrected chi connectivity index (χ0v) is 20.3. The molecule has 1 atom stereocenters. The maximum Gasteiger partial charge on any atom is 0.220 e. The Balaban J connectivity index is 0.00000300. The fourth-order valence-electron chi connectivity index (χ4n) is 3.26. The van der Waals surface area contributed by atoms with E-state index < -0.39 is 0 Å². The van der Waals surface area contributed by atoms with E-state index in [4.69, 9.17) is 9.73 Å². The van der Waals surface area contributed by atoms with E-state index in [9.17, 15) is 4.79 Å². The number of rotatable bonds is 10. The lowest BCUT2D eigenvalue weighted by atomic mass is 10.2. The molecule has 3 N–H and O–H groups in total. The Morgan fingerprint density at radius 1 is 1.34 bits per heavy atom. The maximum atomic E-state index is 11.8. The number of guanidine groups is 1. The van der Waals surface area contributed by atoms with Gasteiger partial charge in [0.25, 0.3) is 0 Å². The minimum atomic E-state index is 0. The van der Waals surface area contributed by atoms with Crippen molar-refractivity contribution in [3.8, 4) is 0 Å². The van der Waals surface area contributed by atoms with Crippen LogP contribution in [0.3, 0.4) is 0 Å². The third-order valence-electron chi connectivity index (χ3n) is 4.94. The number of hydrogen-bond acceptors (Lipinski definition) is 5. The summed E-state index contributed by atoms with van der Waals surface area (Å²) in [7, 11) is 0. The molecule has 2 fully saturated rings. The van der Waals surface area contributed by atoms with Crippen LogP contribution >= 0.6 is 35.3 Å². The first kappa shape index (κ1) is 24.4. The van der Waals surface area contributed by atoms with Gasteiger partial charge in [0.1, 0.15) is 0 Å². The van der Waals surface area contributed by atoms with E-state index >= 15 is 0 Å². The van der Waals surface area contributed by atoms with Crippen LogP contribution in [-0.2, 0) is 9.53 Å². The number of morpholine rings is 1. The van der Waals surface area contributed by atoms with Gasteiger partial charge in [-0.05, 0) is 37.6 Å². The molecule has 1 saturated heterocycles. The smallest absolute Gasteiger partial charge is 0.220 e. The quantitative estimate of drug-likeness (QED) is 0.186. The number of carbonyl (C=O) groups is 1. The zero-order chi connectivity index (χ0) is 19.6. The van der Waals surface area contributed by atoms with Crippen molar-refractivity contribution in [2.24, 2.45) is 4.99 Å². The number of amides is 1. The van der Waals surface area contributed by atoms with Crippen molar-refractivity contribution in [1.29, 1.82) is 0 Å². The molecule has 1 aliphatic carbocycles. The summed E-state index contributed by atoms with van der Waals surface area (Å²) < 4.78 is 5.51. The van der Waals surface area contributed by atoms with E-state index in [1.165, 1.54) is 4.88 Å². The summed E-state index contributed by atoms with van der Waals surface area (Å²) in [6.07, 6.45) is 3.64. The van der Waals surface area contributed by atoms with Crippen LogP contribution in [0.1, 0.15) is 43.5 Å². The van der Waals surface area contributed by atoms with Crippen molar-refractivity contribution in [3.05, 3.63) is 22.4 Å². The third kappa shape index (κ3) is 8.77. The fourth-order valence-corrected chi connectivity index (χ4v) is 4.11. The van der Waals surface area contributed by atoms with Crippen LogP contribution in [0.15, 0.2) is 22.5 Å². The lowest BCUT2D eigenvalue weighted by Crippen LogP contribution is -2.41. The van der Waals surface area contributed by atoms with Crippen LogP contribution < -0.4 is 16.0 Å². The lowest BCUT2D eigenvalue weighted by Gasteiger charge is -2.33. The molecular weight excluding hydrogens is 501 g/mol. The van der Waals surface area contributed by atoms with Crippen molar-refractivity contribution in [3.63, 3.8) is 0 Å². The highest BCUT2D eigenvalue weighted by atomic mass is 127. The van der Waals surface area contributed by atoms with Gasteiger partial charge in [0, 0.05) is 43.5 Å². The number of hydrogen-bond donors (Lipinski definition) is 3. The highest BCUT2D eigenvalue weighted by Crippen LogP contribution is 2.26. The highest BCUT2D eigenvalue weighted by Gasteiger charge is 2.24. The predicted molar refractivity (Wildman–Crippen MR) is 129 cm³/mol. The van der Waals surface area contributed by atoms with Gasteiger partial charge in [0.05, 0.1) is 25.8 Å². The summed E-state index contributed by atoms with van der Waals surface area (Å²) in [6, 6.07) is 5.02. The molecular formula is C20H34IN5O2S. The van der Waals surface area contributed by atoms with Crippen molar-refractivity contribution >= 4 is 47.2 Å². The zero-order valence-electron chi connectivity index (χ0n) is 17.2. The summed E-state index contributed by atoms with van der Waals surface area (Å²) in [6.45, 7) is 7.79. The number of thiophene rings is 1. The van der Waals surface area contributed by atoms with Gasteiger partial charge in [-0.1, -0.05) is 6.07 Å². The molecule has 0 bridgehead atoms. The minimum Gasteiger partial charge on any atom is -0.379 e. The Kier molecular flexibility index (Phi) is 11.3. The molecule has 164 valence electrons. The second-order valence-electron chi connectivity index (χ2n) is 7.27. The summed E-state index contributed by atoms with van der Waals surface area (Å²) in [4.78, 5) is 20.4. The van der Waals surface area contributed by atoms with Gasteiger partial charge in [-0.2, -0.15) is 0 Å². The maximum absolute atomic E-state index is 11.8. The van der Waals surface area contributed by atoms with Crippen LogP contribution in [0.2, 0.25) is 0 Å². The summed E-state index contributed by atoms with van der Waals surface area (Å²) >= 11 is 1.79. The van der Waals surface area contributed by atoms with Crippen molar-refractivity contribution in [2.45, 2.75) is 44.7 Å². The molecule has 29 heavy (non-hydrogen) atoms. The van der Waals surface area contributed by atoms with E-state index in [1.54, 1.807) is 11.3 Å². The van der Waals surface area contributed by atoms with E-state index in [2.05, 4.69) is 45.3 Å². The van der Waals surface area contributed by atoms with Gasteiger partial charge in [0.15, 0.2) is 5.96 Å². The molecule has 9 heteroatoms. The lowest BCUT2D eigenvalue weighted by molar-refractivity contribution is -0.121. The van der Waals surface area contributed by atoms with E-state index in [0.29, 0.717) is 19.0 Å². The molecule has 2 heterocycles. The van der Waals surface area contributed by atoms with Crippen molar-refractivity contribution in [1.82, 2.24) is 20.9 Å². The van der Waals surface area contributed by atoms with Crippen LogP contribution in [0, 0.1) is 0 Å². The van der Waals surface area contributed by atoms with Gasteiger partial charge >= 0.3 is 0 Å². The first-order chi connectivity index (χ1) is 13.8. The number of halogens is 1. The predicted octanol–water partition coefficient (Wildman–Crippen LogP) is 2.35. The normalized spacial score (nSPS) is 18.6. The third-order valence-corrected chi connectivity index (χ3v) is 5.91. The largest absolute Gasteiger partial charge is 0.379 e. The van der Waals surface area contributed by atoms with Gasteiger partial charge in [-0.3, -0.25) is 14.7 Å². The van der Waals surface area contributed by atoms with Crippen LogP contribution in [0.25, 0.3) is 0 Å². The van der Waals surface area contributed by atoms with E-state index in [0.717, 1.165) is 64.6 Å². The summed E-state index contributed by atoms with van der Waals surface area (Å²) in [5.74, 6) is 0.983.